The van der Waals surface area contributed by atoms with E-state index in [0.717, 1.165) is 58.4 Å². The number of likely N-dealkylation sites (tertiary alicyclic amines) is 2. The van der Waals surface area contributed by atoms with Gasteiger partial charge in [0, 0.05) is 38.8 Å². The average Bonchev–Trinajstić information content (AvgIpc) is 2.69. The Morgan fingerprint density at radius 2 is 1.63 bits per heavy atom. The van der Waals surface area contributed by atoms with Gasteiger partial charge in [0.2, 0.25) is 0 Å². The molecule has 0 aliphatic carbocycles. The van der Waals surface area contributed by atoms with Crippen LogP contribution in [0.25, 0.3) is 0 Å². The predicted molar refractivity (Wildman–Crippen MR) is 116 cm³/mol. The van der Waals surface area contributed by atoms with E-state index in [0.29, 0.717) is 11.7 Å². The molecular formula is C23H35N3O4. The van der Waals surface area contributed by atoms with E-state index in [4.69, 9.17) is 9.47 Å². The van der Waals surface area contributed by atoms with Crippen molar-refractivity contribution in [2.75, 3.05) is 32.7 Å². The van der Waals surface area contributed by atoms with Gasteiger partial charge in [-0.25, -0.2) is 9.59 Å². The highest BCUT2D eigenvalue weighted by Crippen LogP contribution is 2.22. The third-order valence-electron chi connectivity index (χ3n) is 5.65. The van der Waals surface area contributed by atoms with Crippen molar-refractivity contribution in [3.05, 3.63) is 30.3 Å². The molecule has 0 unspecified atom stereocenters. The maximum Gasteiger partial charge on any atom is 0.415 e. The molecule has 166 valence electrons. The van der Waals surface area contributed by atoms with Gasteiger partial charge in [-0.1, -0.05) is 18.2 Å². The van der Waals surface area contributed by atoms with Gasteiger partial charge in [0.05, 0.1) is 0 Å². The van der Waals surface area contributed by atoms with Gasteiger partial charge >= 0.3 is 12.2 Å². The quantitative estimate of drug-likeness (QED) is 0.805. The molecule has 0 spiro atoms. The number of alkyl carbamates (subject to hydrolysis) is 1. The molecule has 2 amide bonds. The molecule has 1 aromatic rings. The van der Waals surface area contributed by atoms with E-state index in [2.05, 4.69) is 10.2 Å². The highest BCUT2D eigenvalue weighted by atomic mass is 16.6. The summed E-state index contributed by atoms with van der Waals surface area (Å²) in [6.45, 7) is 10.1. The number of rotatable bonds is 4. The molecule has 7 heteroatoms. The number of carbonyl (C=O) groups is 2. The van der Waals surface area contributed by atoms with E-state index in [9.17, 15) is 9.59 Å². The summed E-state index contributed by atoms with van der Waals surface area (Å²) < 4.78 is 10.8. The lowest BCUT2D eigenvalue weighted by Gasteiger charge is -2.37. The molecule has 0 radical (unpaired) electrons. The molecule has 0 atom stereocenters. The third kappa shape index (κ3) is 7.20. The number of carbonyl (C=O) groups excluding carboxylic acids is 2. The first-order chi connectivity index (χ1) is 14.3. The summed E-state index contributed by atoms with van der Waals surface area (Å²) in [7, 11) is 0. The van der Waals surface area contributed by atoms with Crippen LogP contribution in [0.5, 0.6) is 5.75 Å². The molecule has 2 aliphatic rings. The minimum absolute atomic E-state index is 0.186. The second kappa shape index (κ2) is 10.2. The first kappa shape index (κ1) is 22.4. The van der Waals surface area contributed by atoms with Crippen molar-refractivity contribution in [2.24, 2.45) is 5.92 Å². The number of nitrogens with one attached hydrogen (secondary N) is 1. The van der Waals surface area contributed by atoms with Gasteiger partial charge < -0.3 is 24.6 Å². The summed E-state index contributed by atoms with van der Waals surface area (Å²) in [5, 5.41) is 2.99. The summed E-state index contributed by atoms with van der Waals surface area (Å²) in [6.07, 6.45) is 3.31. The number of piperidine rings is 2. The van der Waals surface area contributed by atoms with Gasteiger partial charge in [0.15, 0.2) is 0 Å². The summed E-state index contributed by atoms with van der Waals surface area (Å²) in [4.78, 5) is 28.5. The van der Waals surface area contributed by atoms with Crippen LogP contribution < -0.4 is 10.1 Å². The molecule has 1 aromatic carbocycles. The van der Waals surface area contributed by atoms with E-state index >= 15 is 0 Å². The standard InChI is InChI=1S/C23H35N3O4/c1-23(2,3)30-21(27)24-19-11-13-25(14-12-19)17-18-9-15-26(16-10-18)22(28)29-20-7-5-4-6-8-20/h4-8,18-19H,9-17H2,1-3H3,(H,24,27). The van der Waals surface area contributed by atoms with E-state index in [1.54, 1.807) is 17.0 Å². The Balaban J connectivity index is 1.33. The molecule has 7 nitrogen and oxygen atoms in total. The van der Waals surface area contributed by atoms with Crippen LogP contribution in [0.2, 0.25) is 0 Å². The lowest BCUT2D eigenvalue weighted by atomic mass is 9.95. The number of hydrogen-bond donors (Lipinski definition) is 1. The van der Waals surface area contributed by atoms with Crippen molar-refractivity contribution in [1.82, 2.24) is 15.1 Å². The highest BCUT2D eigenvalue weighted by Gasteiger charge is 2.28. The largest absolute Gasteiger partial charge is 0.444 e. The Labute approximate surface area is 179 Å². The highest BCUT2D eigenvalue weighted by molar-refractivity contribution is 5.70. The Kier molecular flexibility index (Phi) is 7.58. The molecule has 3 rings (SSSR count). The summed E-state index contributed by atoms with van der Waals surface area (Å²) >= 11 is 0. The molecule has 0 saturated carbocycles. The molecule has 2 saturated heterocycles. The fourth-order valence-electron chi connectivity index (χ4n) is 4.05. The van der Waals surface area contributed by atoms with Crippen LogP contribution in [0, 0.1) is 5.92 Å². The lowest BCUT2D eigenvalue weighted by Crippen LogP contribution is -2.48. The van der Waals surface area contributed by atoms with Crippen molar-refractivity contribution in [1.29, 1.82) is 0 Å². The van der Waals surface area contributed by atoms with Crippen LogP contribution in [0.4, 0.5) is 9.59 Å². The van der Waals surface area contributed by atoms with Crippen molar-refractivity contribution in [3.63, 3.8) is 0 Å². The Bertz CT molecular complexity index is 688. The number of ether oxygens (including phenoxy) is 2. The first-order valence-electron chi connectivity index (χ1n) is 11.0. The molecule has 2 fully saturated rings. The van der Waals surface area contributed by atoms with Gasteiger partial charge in [-0.05, 0) is 64.5 Å². The van der Waals surface area contributed by atoms with Crippen molar-refractivity contribution in [2.45, 2.75) is 58.1 Å². The smallest absolute Gasteiger partial charge is 0.415 e. The summed E-state index contributed by atoms with van der Waals surface area (Å²) in [6, 6.07) is 9.41. The van der Waals surface area contributed by atoms with Gasteiger partial charge in [-0.2, -0.15) is 0 Å². The molecule has 0 bridgehead atoms. The van der Waals surface area contributed by atoms with Crippen molar-refractivity contribution in [3.8, 4) is 5.75 Å². The second-order valence-electron chi connectivity index (χ2n) is 9.33. The zero-order valence-corrected chi connectivity index (χ0v) is 18.4. The molecule has 1 N–H and O–H groups in total. The molecule has 30 heavy (non-hydrogen) atoms. The van der Waals surface area contributed by atoms with Crippen LogP contribution in [0.3, 0.4) is 0 Å². The molecular weight excluding hydrogens is 382 g/mol. The Morgan fingerprint density at radius 1 is 1.00 bits per heavy atom. The first-order valence-corrected chi connectivity index (χ1v) is 11.0. The minimum atomic E-state index is -0.465. The molecule has 2 heterocycles. The third-order valence-corrected chi connectivity index (χ3v) is 5.65. The van der Waals surface area contributed by atoms with Crippen LogP contribution in [0.1, 0.15) is 46.5 Å². The van der Waals surface area contributed by atoms with Gasteiger partial charge in [-0.15, -0.1) is 0 Å². The van der Waals surface area contributed by atoms with Crippen LogP contribution in [-0.4, -0.2) is 66.4 Å². The van der Waals surface area contributed by atoms with Crippen LogP contribution >= 0.6 is 0 Å². The number of nitrogens with zero attached hydrogens (tertiary/aromatic N) is 2. The van der Waals surface area contributed by atoms with E-state index in [1.165, 1.54) is 0 Å². The Morgan fingerprint density at radius 3 is 2.23 bits per heavy atom. The topological polar surface area (TPSA) is 71.1 Å². The second-order valence-corrected chi connectivity index (χ2v) is 9.33. The molecule has 0 aromatic heterocycles. The lowest BCUT2D eigenvalue weighted by molar-refractivity contribution is 0.0470. The zero-order chi connectivity index (χ0) is 21.6. The van der Waals surface area contributed by atoms with Crippen molar-refractivity contribution < 1.29 is 19.1 Å². The van der Waals surface area contributed by atoms with Crippen molar-refractivity contribution >= 4 is 12.2 Å². The maximum absolute atomic E-state index is 12.3. The maximum atomic E-state index is 12.3. The van der Waals surface area contributed by atoms with E-state index in [-0.39, 0.29) is 18.2 Å². The summed E-state index contributed by atoms with van der Waals surface area (Å²) in [5.41, 5.74) is -0.465. The van der Waals surface area contributed by atoms with Crippen LogP contribution in [-0.2, 0) is 4.74 Å². The minimum Gasteiger partial charge on any atom is -0.444 e. The normalized spacial score (nSPS) is 19.4. The van der Waals surface area contributed by atoms with Crippen LogP contribution in [0.15, 0.2) is 30.3 Å². The summed E-state index contributed by atoms with van der Waals surface area (Å²) in [5.74, 6) is 1.19. The SMILES string of the molecule is CC(C)(C)OC(=O)NC1CCN(CC2CCN(C(=O)Oc3ccccc3)CC2)CC1. The average molecular weight is 418 g/mol. The fourth-order valence-corrected chi connectivity index (χ4v) is 4.05. The monoisotopic (exact) mass is 417 g/mol. The fraction of sp³-hybridized carbons (Fsp3) is 0.652. The Hall–Kier alpha value is -2.28. The van der Waals surface area contributed by atoms with Gasteiger partial charge in [-0.3, -0.25) is 0 Å². The van der Waals surface area contributed by atoms with Gasteiger partial charge in [0.25, 0.3) is 0 Å². The zero-order valence-electron chi connectivity index (χ0n) is 18.4. The number of hydrogen-bond acceptors (Lipinski definition) is 5. The molecule has 2 aliphatic heterocycles. The number of amides is 2. The number of benzene rings is 1. The number of para-hydroxylation sites is 1. The van der Waals surface area contributed by atoms with Gasteiger partial charge in [0.1, 0.15) is 11.4 Å². The van der Waals surface area contributed by atoms with E-state index in [1.807, 2.05) is 39.0 Å². The van der Waals surface area contributed by atoms with E-state index < -0.39 is 5.60 Å². The predicted octanol–water partition coefficient (Wildman–Crippen LogP) is 3.89.